The van der Waals surface area contributed by atoms with E-state index < -0.39 is 6.16 Å². The van der Waals surface area contributed by atoms with Gasteiger partial charge in [-0.05, 0) is 30.4 Å². The van der Waals surface area contributed by atoms with Crippen molar-refractivity contribution in [3.8, 4) is 0 Å². The maximum atomic E-state index is 12.1. The van der Waals surface area contributed by atoms with Gasteiger partial charge in [0.05, 0.1) is 0 Å². The topological polar surface area (TPSA) is 35.5 Å². The Morgan fingerprint density at radius 1 is 0.889 bits per heavy atom. The maximum absolute atomic E-state index is 12.1. The van der Waals surface area contributed by atoms with Gasteiger partial charge >= 0.3 is 6.16 Å². The second kappa shape index (κ2) is 13.4. The van der Waals surface area contributed by atoms with E-state index in [2.05, 4.69) is 13.0 Å². The van der Waals surface area contributed by atoms with Crippen molar-refractivity contribution < 1.29 is 14.3 Å². The lowest BCUT2D eigenvalue weighted by Gasteiger charge is -2.13. The summed E-state index contributed by atoms with van der Waals surface area (Å²) in [5.41, 5.74) is 0.971. The highest BCUT2D eigenvalue weighted by Gasteiger charge is 2.11. The molecular weight excluding hydrogens is 336 g/mol. The molecular formula is C24H36O3. The normalized spacial score (nSPS) is 22.6. The summed E-state index contributed by atoms with van der Waals surface area (Å²) in [5.74, 6) is 1.22. The highest BCUT2D eigenvalue weighted by molar-refractivity contribution is 5.61. The molecule has 150 valence electrons. The zero-order valence-corrected chi connectivity index (χ0v) is 17.0. The number of benzene rings is 1. The number of carbonyl (C=O) groups is 1. The molecule has 3 nitrogen and oxygen atoms in total. The predicted octanol–water partition coefficient (Wildman–Crippen LogP) is 7.55. The average Bonchev–Trinajstić information content (AvgIpc) is 2.68. The Morgan fingerprint density at radius 2 is 1.48 bits per heavy atom. The highest BCUT2D eigenvalue weighted by Crippen LogP contribution is 2.21. The van der Waals surface area contributed by atoms with Gasteiger partial charge in [0, 0.05) is 6.42 Å². The van der Waals surface area contributed by atoms with Crippen molar-refractivity contribution >= 4 is 6.16 Å². The minimum atomic E-state index is -0.588. The lowest BCUT2D eigenvalue weighted by Crippen LogP contribution is -2.08. The van der Waals surface area contributed by atoms with Gasteiger partial charge in [-0.3, -0.25) is 0 Å². The zero-order valence-electron chi connectivity index (χ0n) is 17.0. The average molecular weight is 373 g/mol. The van der Waals surface area contributed by atoms with Crippen LogP contribution >= 0.6 is 0 Å². The molecule has 1 atom stereocenters. The van der Waals surface area contributed by atoms with E-state index in [0.717, 1.165) is 30.6 Å². The lowest BCUT2D eigenvalue weighted by atomic mass is 10.0. The minimum Gasteiger partial charge on any atom is -0.429 e. The van der Waals surface area contributed by atoms with Gasteiger partial charge in [0.15, 0.2) is 0 Å². The van der Waals surface area contributed by atoms with Gasteiger partial charge in [-0.1, -0.05) is 95.0 Å². The van der Waals surface area contributed by atoms with E-state index in [9.17, 15) is 4.79 Å². The summed E-state index contributed by atoms with van der Waals surface area (Å²) >= 11 is 0. The molecule has 2 rings (SSSR count). The largest absolute Gasteiger partial charge is 0.513 e. The molecule has 0 saturated heterocycles. The molecule has 1 unspecified atom stereocenters. The van der Waals surface area contributed by atoms with Crippen molar-refractivity contribution in [2.24, 2.45) is 5.92 Å². The Labute approximate surface area is 165 Å². The zero-order chi connectivity index (χ0) is 19.2. The third-order valence-corrected chi connectivity index (χ3v) is 5.22. The monoisotopic (exact) mass is 372 g/mol. The summed E-state index contributed by atoms with van der Waals surface area (Å²) in [6.45, 7) is 2.47. The fourth-order valence-electron chi connectivity index (χ4n) is 3.60. The SMILES string of the molecule is CC1/C=C(\OC(=O)OCc2ccccc2)CCCCCCCCCCCC1. The summed E-state index contributed by atoms with van der Waals surface area (Å²) in [6.07, 6.45) is 16.5. The number of carbonyl (C=O) groups excluding carboxylic acids is 1. The quantitative estimate of drug-likeness (QED) is 0.514. The Balaban J connectivity index is 1.85. The first-order valence-electron chi connectivity index (χ1n) is 10.8. The van der Waals surface area contributed by atoms with Crippen LogP contribution in [0.15, 0.2) is 42.2 Å². The van der Waals surface area contributed by atoms with E-state index >= 15 is 0 Å². The second-order valence-corrected chi connectivity index (χ2v) is 7.81. The van der Waals surface area contributed by atoms with Gasteiger partial charge in [0.2, 0.25) is 0 Å². The summed E-state index contributed by atoms with van der Waals surface area (Å²) in [5, 5.41) is 0. The molecule has 0 aromatic heterocycles. The molecule has 0 N–H and O–H groups in total. The van der Waals surface area contributed by atoms with Crippen LogP contribution in [0.2, 0.25) is 0 Å². The first kappa shape index (κ1) is 21.5. The van der Waals surface area contributed by atoms with Gasteiger partial charge in [-0.2, -0.15) is 0 Å². The molecule has 1 aromatic carbocycles. The number of ether oxygens (including phenoxy) is 2. The maximum Gasteiger partial charge on any atom is 0.513 e. The van der Waals surface area contributed by atoms with Crippen LogP contribution in [0.1, 0.15) is 89.5 Å². The number of allylic oxidation sites excluding steroid dienone is 2. The number of hydrogen-bond acceptors (Lipinski definition) is 3. The van der Waals surface area contributed by atoms with E-state index in [-0.39, 0.29) is 6.61 Å². The molecule has 0 radical (unpaired) electrons. The molecule has 0 amide bonds. The van der Waals surface area contributed by atoms with Crippen molar-refractivity contribution in [1.82, 2.24) is 0 Å². The summed E-state index contributed by atoms with van der Waals surface area (Å²) in [4.78, 5) is 12.1. The Bertz CT molecular complexity index is 550. The van der Waals surface area contributed by atoms with Crippen molar-refractivity contribution in [3.63, 3.8) is 0 Å². The molecule has 0 spiro atoms. The Morgan fingerprint density at radius 3 is 2.15 bits per heavy atom. The fourth-order valence-corrected chi connectivity index (χ4v) is 3.60. The molecule has 1 aromatic rings. The van der Waals surface area contributed by atoms with E-state index in [1.165, 1.54) is 57.8 Å². The molecule has 0 heterocycles. The van der Waals surface area contributed by atoms with Crippen molar-refractivity contribution in [2.75, 3.05) is 0 Å². The van der Waals surface area contributed by atoms with Gasteiger partial charge < -0.3 is 9.47 Å². The molecule has 3 heteroatoms. The van der Waals surface area contributed by atoms with E-state index in [1.54, 1.807) is 0 Å². The Hall–Kier alpha value is -1.77. The van der Waals surface area contributed by atoms with Crippen molar-refractivity contribution in [2.45, 2.75) is 90.6 Å². The number of hydrogen-bond donors (Lipinski definition) is 0. The van der Waals surface area contributed by atoms with Crippen LogP contribution in [0.4, 0.5) is 4.79 Å². The van der Waals surface area contributed by atoms with Crippen molar-refractivity contribution in [1.29, 1.82) is 0 Å². The third-order valence-electron chi connectivity index (χ3n) is 5.22. The third kappa shape index (κ3) is 10.2. The molecule has 0 aliphatic heterocycles. The van der Waals surface area contributed by atoms with Crippen LogP contribution in [0.25, 0.3) is 0 Å². The van der Waals surface area contributed by atoms with Crippen LogP contribution in [0, 0.1) is 5.92 Å². The van der Waals surface area contributed by atoms with E-state index in [4.69, 9.17) is 9.47 Å². The molecule has 1 aliphatic carbocycles. The van der Waals surface area contributed by atoms with Crippen molar-refractivity contribution in [3.05, 3.63) is 47.7 Å². The molecule has 27 heavy (non-hydrogen) atoms. The standard InChI is InChI=1S/C24H36O3/c1-21-15-11-8-6-4-2-3-5-7-9-14-18-23(19-21)27-24(25)26-20-22-16-12-10-13-17-22/h10,12-13,16-17,19,21H,2-9,11,14-15,18,20H2,1H3/b23-19-. The van der Waals surface area contributed by atoms with E-state index in [0.29, 0.717) is 5.92 Å². The Kier molecular flexibility index (Phi) is 10.7. The van der Waals surface area contributed by atoms with Crippen LogP contribution in [-0.2, 0) is 16.1 Å². The number of rotatable bonds is 3. The van der Waals surface area contributed by atoms with E-state index in [1.807, 2.05) is 30.3 Å². The fraction of sp³-hybridized carbons (Fsp3) is 0.625. The molecule has 0 bridgehead atoms. The second-order valence-electron chi connectivity index (χ2n) is 7.81. The predicted molar refractivity (Wildman–Crippen MR) is 110 cm³/mol. The molecule has 0 saturated carbocycles. The van der Waals surface area contributed by atoms with Crippen LogP contribution in [0.5, 0.6) is 0 Å². The summed E-state index contributed by atoms with van der Waals surface area (Å²) in [6, 6.07) is 9.71. The van der Waals surface area contributed by atoms with Crippen LogP contribution in [0.3, 0.4) is 0 Å². The van der Waals surface area contributed by atoms with Gasteiger partial charge in [-0.15, -0.1) is 0 Å². The smallest absolute Gasteiger partial charge is 0.429 e. The van der Waals surface area contributed by atoms with Gasteiger partial charge in [-0.25, -0.2) is 4.79 Å². The van der Waals surface area contributed by atoms with Gasteiger partial charge in [0.1, 0.15) is 12.4 Å². The first-order chi connectivity index (χ1) is 13.2. The molecule has 0 fully saturated rings. The van der Waals surface area contributed by atoms with Crippen LogP contribution < -0.4 is 0 Å². The van der Waals surface area contributed by atoms with Gasteiger partial charge in [0.25, 0.3) is 0 Å². The van der Waals surface area contributed by atoms with Crippen LogP contribution in [-0.4, -0.2) is 6.16 Å². The molecule has 1 aliphatic rings. The first-order valence-corrected chi connectivity index (χ1v) is 10.8. The summed E-state index contributed by atoms with van der Waals surface area (Å²) < 4.78 is 10.9. The summed E-state index contributed by atoms with van der Waals surface area (Å²) in [7, 11) is 0. The highest BCUT2D eigenvalue weighted by atomic mass is 16.7. The minimum absolute atomic E-state index is 0.252. The lowest BCUT2D eigenvalue weighted by molar-refractivity contribution is 0.0685.